The van der Waals surface area contributed by atoms with Crippen molar-refractivity contribution in [3.8, 4) is 34.5 Å². The second kappa shape index (κ2) is 48.3. The van der Waals surface area contributed by atoms with E-state index in [1.54, 1.807) is 73.0 Å². The molecule has 6 saturated heterocycles. The Kier molecular flexibility index (Phi) is 34.1. The highest BCUT2D eigenvalue weighted by Gasteiger charge is 2.47. The van der Waals surface area contributed by atoms with Crippen LogP contribution in [0.4, 0.5) is 4.39 Å². The maximum absolute atomic E-state index is 13.6. The number of hydrogen-bond donors (Lipinski definition) is 0. The summed E-state index contributed by atoms with van der Waals surface area (Å²) in [5, 5.41) is 0.724. The van der Waals surface area contributed by atoms with E-state index in [0.29, 0.717) is 89.3 Å². The zero-order chi connectivity index (χ0) is 103. The fraction of sp³-hybridized carbons (Fsp3) is 0.361. The molecule has 12 atom stereocenters. The van der Waals surface area contributed by atoms with Crippen LogP contribution in [0, 0.1) is 19.7 Å². The van der Waals surface area contributed by atoms with Gasteiger partial charge in [0.1, 0.15) is 77.7 Å². The number of carbonyl (C=O) groups is 6. The summed E-state index contributed by atoms with van der Waals surface area (Å²) in [6, 6.07) is 83.4. The van der Waals surface area contributed by atoms with E-state index in [9.17, 15) is 33.2 Å². The molecule has 0 amide bonds. The van der Waals surface area contributed by atoms with Gasteiger partial charge in [0.25, 0.3) is 0 Å². The van der Waals surface area contributed by atoms with Gasteiger partial charge < -0.3 is 56.8 Å². The van der Waals surface area contributed by atoms with Gasteiger partial charge in [-0.2, -0.15) is 0 Å². The topological polar surface area (TPSA) is 233 Å². The fourth-order valence-corrected chi connectivity index (χ4v) is 23.1. The van der Waals surface area contributed by atoms with E-state index in [4.69, 9.17) is 68.4 Å². The van der Waals surface area contributed by atoms with Gasteiger partial charge in [0.2, 0.25) is 0 Å². The lowest BCUT2D eigenvalue weighted by Gasteiger charge is -2.33. The summed E-state index contributed by atoms with van der Waals surface area (Å²) in [6.45, 7) is 13.2. The Bertz CT molecular complexity index is 5980. The highest BCUT2D eigenvalue weighted by Crippen LogP contribution is 2.47. The summed E-state index contributed by atoms with van der Waals surface area (Å²) in [4.78, 5) is 89.6. The van der Waals surface area contributed by atoms with Crippen LogP contribution in [0.15, 0.2) is 265 Å². The number of ketones is 6. The Morgan fingerprint density at radius 1 is 0.275 bits per heavy atom. The Morgan fingerprint density at radius 3 is 0.772 bits per heavy atom. The Morgan fingerprint density at radius 2 is 0.497 bits per heavy atom. The number of halogens is 3. The molecule has 27 heteroatoms. The Balaban J connectivity index is 0.000000112. The van der Waals surface area contributed by atoms with E-state index in [2.05, 4.69) is 144 Å². The van der Waals surface area contributed by atoms with Crippen molar-refractivity contribution in [2.24, 2.45) is 0 Å². The molecular formula is C122H127BrClFN6O18. The summed E-state index contributed by atoms with van der Waals surface area (Å²) < 4.78 is 81.7. The van der Waals surface area contributed by atoms with Crippen LogP contribution in [-0.4, -0.2) is 222 Å². The van der Waals surface area contributed by atoms with E-state index < -0.39 is 0 Å². The van der Waals surface area contributed by atoms with Crippen molar-refractivity contribution in [1.82, 2.24) is 29.4 Å². The molecule has 774 valence electrons. The van der Waals surface area contributed by atoms with Gasteiger partial charge in [-0.1, -0.05) is 118 Å². The van der Waals surface area contributed by atoms with Gasteiger partial charge in [-0.25, -0.2) is 4.39 Å². The zero-order valence-corrected chi connectivity index (χ0v) is 87.7. The average molecular weight is 2100 g/mol. The summed E-state index contributed by atoms with van der Waals surface area (Å²) in [7, 11) is 9.73. The first-order valence-corrected chi connectivity index (χ1v) is 52.6. The molecule has 24 rings (SSSR count). The first-order valence-electron chi connectivity index (χ1n) is 51.4. The van der Waals surface area contributed by atoms with Crippen LogP contribution in [0.1, 0.15) is 216 Å². The van der Waals surface area contributed by atoms with Crippen molar-refractivity contribution in [1.29, 1.82) is 0 Å². The third-order valence-corrected chi connectivity index (χ3v) is 31.4. The van der Waals surface area contributed by atoms with Crippen molar-refractivity contribution >= 4 is 62.2 Å². The lowest BCUT2D eigenvalue weighted by molar-refractivity contribution is 0.0212. The van der Waals surface area contributed by atoms with Crippen LogP contribution >= 0.6 is 27.5 Å². The second-order valence-electron chi connectivity index (χ2n) is 39.7. The number of rotatable bonds is 24. The molecule has 0 radical (unpaired) electrons. The first-order chi connectivity index (χ1) is 72.5. The van der Waals surface area contributed by atoms with E-state index in [1.165, 1.54) is 67.3 Å². The van der Waals surface area contributed by atoms with Crippen LogP contribution in [0.5, 0.6) is 34.5 Å². The number of ether oxygens (including phenoxy) is 12. The molecule has 12 aromatic rings. The van der Waals surface area contributed by atoms with Gasteiger partial charge in [-0.05, 0) is 290 Å². The number of fused-ring (bicyclic) bond motifs is 18. The molecule has 12 aliphatic rings. The van der Waals surface area contributed by atoms with Crippen LogP contribution in [-0.2, 0) is 66.9 Å². The van der Waals surface area contributed by atoms with Crippen molar-refractivity contribution in [2.45, 2.75) is 165 Å². The lowest BCUT2D eigenvalue weighted by Crippen LogP contribution is -2.39. The van der Waals surface area contributed by atoms with Crippen molar-refractivity contribution < 1.29 is 90.0 Å². The molecule has 12 heterocycles. The fourth-order valence-electron chi connectivity index (χ4n) is 22.5. The standard InChI is InChI=1S/2C21H23NO3.C20H20BrNO3.C20H20ClNO3.C20H20FNO3.C20H21NO3/c2*1-14-3-4-15-9-10-22-17(13-25-21(22)19(15)11-14)12-20(23)16-5-7-18(24-2)8-6-16;3*1-24-17-6-3-14(4-7-17)19(23)11-16-12-25-20-18-10-15(21)5-2-13(18)8-9-22(16)20;1-23-17-8-6-15(7-9-17)19(22)12-16-13-24-20-18-5-3-2-4-14(18)10-11-21(16)20/h2*3-8,11,17,21H,9-10,12-13H2,1-2H3;3*2-7,10,16,20H,8-9,11-12H2,1H3;2-9,16,20H,10-13H2,1H3/t2*17-,21+;4*16-,20+/m111111/s1. The number of aryl methyl sites for hydroxylation is 2. The van der Waals surface area contributed by atoms with E-state index >= 15 is 0 Å². The predicted octanol–water partition coefficient (Wildman–Crippen LogP) is 21.5. The number of nitrogens with zero attached hydrogens (tertiary/aromatic N) is 6. The molecule has 12 aromatic carbocycles. The van der Waals surface area contributed by atoms with E-state index in [-0.39, 0.29) is 114 Å². The smallest absolute Gasteiger partial charge is 0.164 e. The number of methoxy groups -OCH3 is 6. The summed E-state index contributed by atoms with van der Waals surface area (Å²) >= 11 is 9.70. The number of benzene rings is 12. The van der Waals surface area contributed by atoms with Gasteiger partial charge in [-0.15, -0.1) is 0 Å². The highest BCUT2D eigenvalue weighted by molar-refractivity contribution is 9.10. The third-order valence-electron chi connectivity index (χ3n) is 30.7. The van der Waals surface area contributed by atoms with Crippen LogP contribution in [0.3, 0.4) is 0 Å². The quantitative estimate of drug-likeness (QED) is 0.0512. The third kappa shape index (κ3) is 24.3. The highest BCUT2D eigenvalue weighted by atomic mass is 79.9. The Hall–Kier alpha value is -12.3. The predicted molar refractivity (Wildman–Crippen MR) is 570 cm³/mol. The maximum atomic E-state index is 13.6. The van der Waals surface area contributed by atoms with E-state index in [0.717, 1.165) is 161 Å². The van der Waals surface area contributed by atoms with Gasteiger partial charge in [0.05, 0.1) is 82.3 Å². The van der Waals surface area contributed by atoms with Crippen LogP contribution in [0.2, 0.25) is 5.02 Å². The molecule has 0 aromatic heterocycles. The normalized spacial score (nSPS) is 22.4. The largest absolute Gasteiger partial charge is 0.497 e. The van der Waals surface area contributed by atoms with Crippen LogP contribution < -0.4 is 28.4 Å². The molecule has 0 spiro atoms. The lowest BCUT2D eigenvalue weighted by atomic mass is 9.95. The minimum atomic E-state index is -0.248. The van der Waals surface area contributed by atoms with Crippen molar-refractivity contribution in [2.75, 3.05) is 122 Å². The molecule has 0 bridgehead atoms. The molecular weight excluding hydrogens is 1970 g/mol. The number of carbonyl (C=O) groups excluding carboxylic acids is 6. The summed E-state index contributed by atoms with van der Waals surface area (Å²) in [5.74, 6) is 5.15. The molecule has 149 heavy (non-hydrogen) atoms. The molecule has 12 aliphatic heterocycles. The van der Waals surface area contributed by atoms with Gasteiger partial charge >= 0.3 is 0 Å². The van der Waals surface area contributed by atoms with Crippen molar-refractivity contribution in [3.05, 3.63) is 387 Å². The van der Waals surface area contributed by atoms with Gasteiger partial charge in [0.15, 0.2) is 34.7 Å². The van der Waals surface area contributed by atoms with Gasteiger partial charge in [0, 0.05) is 168 Å². The maximum Gasteiger partial charge on any atom is 0.164 e. The van der Waals surface area contributed by atoms with Crippen molar-refractivity contribution in [3.63, 3.8) is 0 Å². The average Bonchev–Trinajstić information content (AvgIpc) is 1.67. The molecule has 0 saturated carbocycles. The van der Waals surface area contributed by atoms with Gasteiger partial charge in [-0.3, -0.25) is 58.2 Å². The zero-order valence-electron chi connectivity index (χ0n) is 85.4. The molecule has 0 aliphatic carbocycles. The minimum Gasteiger partial charge on any atom is -0.497 e. The molecule has 0 N–H and O–H groups in total. The van der Waals surface area contributed by atoms with Crippen LogP contribution in [0.25, 0.3) is 0 Å². The summed E-state index contributed by atoms with van der Waals surface area (Å²) in [6.07, 6.45) is 8.29. The minimum absolute atomic E-state index is 0.00248. The molecule has 24 nitrogen and oxygen atoms in total. The Labute approximate surface area is 883 Å². The second-order valence-corrected chi connectivity index (χ2v) is 41.1. The molecule has 6 fully saturated rings. The number of hydrogen-bond acceptors (Lipinski definition) is 24. The molecule has 0 unspecified atom stereocenters. The number of Topliss-reactive ketones (excluding diaryl/α,β-unsaturated/α-hetero) is 6. The SMILES string of the molecule is COc1ccc(C(=O)C[C@@H]2CO[C@H]3c4cc(Br)ccc4CCN23)cc1.COc1ccc(C(=O)C[C@@H]2CO[C@H]3c4cc(C)ccc4CCN23)cc1.COc1ccc(C(=O)C[C@@H]2CO[C@H]3c4cc(C)ccc4CCN23)cc1.COc1ccc(C(=O)C[C@@H]2CO[C@H]3c4cc(Cl)ccc4CCN23)cc1.COc1ccc(C(=O)C[C@@H]2CO[C@H]3c4cc(F)ccc4CCN23)cc1.COc1ccc(C(=O)C[C@@H]2CO[C@H]3c4ccccc4CCN23)cc1. The monoisotopic (exact) mass is 2100 g/mol. The summed E-state index contributed by atoms with van der Waals surface area (Å²) in [5.41, 5.74) is 21.7. The van der Waals surface area contributed by atoms with E-state index in [1.807, 2.05) is 140 Å². The first kappa shape index (κ1) is 105.